The number of para-hydroxylation sites is 1. The largest absolute Gasteiger partial charge is 0.470 e. The highest BCUT2D eigenvalue weighted by molar-refractivity contribution is 7.11. The summed E-state index contributed by atoms with van der Waals surface area (Å²) in [5.41, 5.74) is 9.48. The van der Waals surface area contributed by atoms with E-state index in [1.807, 2.05) is 67.8 Å². The monoisotopic (exact) mass is 592 g/mol. The van der Waals surface area contributed by atoms with E-state index in [2.05, 4.69) is 20.3 Å². The van der Waals surface area contributed by atoms with Crippen LogP contribution in [0.25, 0.3) is 39.0 Å². The molecule has 0 amide bonds. The molecule has 43 heavy (non-hydrogen) atoms. The third kappa shape index (κ3) is 5.35. The van der Waals surface area contributed by atoms with Crippen LogP contribution in [0.3, 0.4) is 0 Å². The van der Waals surface area contributed by atoms with Crippen molar-refractivity contribution >= 4 is 34.0 Å². The smallest absolute Gasteiger partial charge is 0.273 e. The van der Waals surface area contributed by atoms with Gasteiger partial charge < -0.3 is 20.4 Å². The molecular formula is C31H28N8O3S. The molecule has 0 saturated heterocycles. The predicted octanol–water partition coefficient (Wildman–Crippen LogP) is 4.82. The predicted molar refractivity (Wildman–Crippen MR) is 169 cm³/mol. The van der Waals surface area contributed by atoms with Crippen molar-refractivity contribution in [1.29, 1.82) is 0 Å². The number of rotatable bonds is 8. The minimum atomic E-state index is -0.503. The number of nitrogens with two attached hydrogens (primary N) is 1. The Hall–Kier alpha value is -5.36. The summed E-state index contributed by atoms with van der Waals surface area (Å²) in [6.45, 7) is 4.30. The zero-order valence-electron chi connectivity index (χ0n) is 23.7. The number of hydrogen-bond acceptors (Lipinski definition) is 10. The van der Waals surface area contributed by atoms with Crippen LogP contribution in [0, 0.1) is 0 Å². The molecule has 0 aliphatic heterocycles. The molecule has 0 bridgehead atoms. The van der Waals surface area contributed by atoms with Crippen molar-refractivity contribution in [3.63, 3.8) is 0 Å². The van der Waals surface area contributed by atoms with E-state index < -0.39 is 6.04 Å². The number of thiazole rings is 1. The Bertz CT molecular complexity index is 2070. The van der Waals surface area contributed by atoms with Crippen molar-refractivity contribution in [3.8, 4) is 33.3 Å². The molecule has 12 heteroatoms. The minimum Gasteiger partial charge on any atom is -0.470 e. The van der Waals surface area contributed by atoms with Crippen LogP contribution in [-0.2, 0) is 7.05 Å². The molecule has 6 aromatic rings. The molecule has 216 valence electrons. The lowest BCUT2D eigenvalue weighted by atomic mass is 10.0. The van der Waals surface area contributed by atoms with Gasteiger partial charge in [0.2, 0.25) is 11.5 Å². The lowest BCUT2D eigenvalue weighted by Gasteiger charge is -2.21. The van der Waals surface area contributed by atoms with Gasteiger partial charge in [0, 0.05) is 30.9 Å². The molecule has 3 N–H and O–H groups in total. The highest BCUT2D eigenvalue weighted by Gasteiger charge is 2.22. The van der Waals surface area contributed by atoms with Crippen LogP contribution in [0.2, 0.25) is 0 Å². The second-order valence-corrected chi connectivity index (χ2v) is 10.6. The van der Waals surface area contributed by atoms with E-state index >= 15 is 0 Å². The molecule has 0 saturated carbocycles. The van der Waals surface area contributed by atoms with Gasteiger partial charge in [0.15, 0.2) is 0 Å². The van der Waals surface area contributed by atoms with E-state index in [0.717, 1.165) is 5.56 Å². The molecular weight excluding hydrogens is 564 g/mol. The Labute approximate surface area is 250 Å². The quantitative estimate of drug-likeness (QED) is 0.254. The van der Waals surface area contributed by atoms with Crippen molar-refractivity contribution < 1.29 is 4.74 Å². The topological polar surface area (TPSA) is 143 Å². The Morgan fingerprint density at radius 3 is 2.58 bits per heavy atom. The van der Waals surface area contributed by atoms with Crippen LogP contribution in [-0.4, -0.2) is 35.7 Å². The maximum absolute atomic E-state index is 14.4. The Kier molecular flexibility index (Phi) is 7.43. The number of fused-ring (bicyclic) bond motifs is 1. The molecule has 4 heterocycles. The number of nitrogens with zero attached hydrogens (tertiary/aromatic N) is 6. The van der Waals surface area contributed by atoms with E-state index in [0.29, 0.717) is 56.9 Å². The number of nitrogens with one attached hydrogen (secondary N) is 1. The van der Waals surface area contributed by atoms with E-state index in [1.165, 1.54) is 22.0 Å². The molecule has 0 aliphatic rings. The Morgan fingerprint density at radius 1 is 1.00 bits per heavy atom. The highest BCUT2D eigenvalue weighted by atomic mass is 32.1. The van der Waals surface area contributed by atoms with E-state index in [-0.39, 0.29) is 17.1 Å². The van der Waals surface area contributed by atoms with Gasteiger partial charge in [-0.15, -0.1) is 0 Å². The zero-order valence-corrected chi connectivity index (χ0v) is 24.5. The second kappa shape index (κ2) is 11.5. The van der Waals surface area contributed by atoms with Crippen molar-refractivity contribution in [2.24, 2.45) is 7.05 Å². The molecule has 0 spiro atoms. The average molecular weight is 593 g/mol. The van der Waals surface area contributed by atoms with Gasteiger partial charge >= 0.3 is 0 Å². The van der Waals surface area contributed by atoms with Gasteiger partial charge in [-0.05, 0) is 49.2 Å². The van der Waals surface area contributed by atoms with Gasteiger partial charge in [-0.25, -0.2) is 15.0 Å². The van der Waals surface area contributed by atoms with Crippen LogP contribution in [0.5, 0.6) is 5.19 Å². The Balaban J connectivity index is 1.51. The molecule has 11 nitrogen and oxygen atoms in total. The maximum Gasteiger partial charge on any atom is 0.273 e. The van der Waals surface area contributed by atoms with Crippen LogP contribution in [0.4, 0.5) is 11.8 Å². The summed E-state index contributed by atoms with van der Waals surface area (Å²) in [4.78, 5) is 44.7. The molecule has 0 radical (unpaired) electrons. The molecule has 0 fully saturated rings. The summed E-state index contributed by atoms with van der Waals surface area (Å²) >= 11 is 1.38. The number of anilines is 2. The van der Waals surface area contributed by atoms with Gasteiger partial charge in [-0.3, -0.25) is 14.2 Å². The fourth-order valence-electron chi connectivity index (χ4n) is 4.89. The van der Waals surface area contributed by atoms with Crippen LogP contribution in [0.15, 0.2) is 88.0 Å². The van der Waals surface area contributed by atoms with Crippen molar-refractivity contribution in [1.82, 2.24) is 29.1 Å². The first-order chi connectivity index (χ1) is 20.8. The van der Waals surface area contributed by atoms with Gasteiger partial charge in [0.25, 0.3) is 10.8 Å². The lowest BCUT2D eigenvalue weighted by molar-refractivity contribution is 0.338. The fourth-order valence-corrected chi connectivity index (χ4v) is 5.62. The van der Waals surface area contributed by atoms with E-state index in [1.54, 1.807) is 30.1 Å². The SMILES string of the molecule is CCOc1nc(-c2cnc(N)nc2N[C@@H](C)c2nc3cccc(-c4ccc(=O)n(C)c4)c3c(=O)n2-c2ccccc2)cs1. The number of aryl methyl sites for hydroxylation is 1. The number of hydrogen-bond donors (Lipinski definition) is 2. The van der Waals surface area contributed by atoms with E-state index in [4.69, 9.17) is 15.5 Å². The summed E-state index contributed by atoms with van der Waals surface area (Å²) in [6.07, 6.45) is 3.33. The zero-order chi connectivity index (χ0) is 30.1. The number of nitrogen functional groups attached to an aromatic ring is 1. The fraction of sp³-hybridized carbons (Fsp3) is 0.161. The molecule has 0 unspecified atom stereocenters. The number of ether oxygens (including phenoxy) is 1. The Morgan fingerprint density at radius 2 is 1.81 bits per heavy atom. The van der Waals surface area contributed by atoms with E-state index in [9.17, 15) is 9.59 Å². The molecule has 0 aliphatic carbocycles. The molecule has 1 atom stereocenters. The number of pyridine rings is 1. The normalized spacial score (nSPS) is 11.9. The standard InChI is InChI=1S/C31H28N8O3S/c1-4-42-31-36-24(17-43-31)22-15-33-30(32)37-27(22)34-18(2)28-35-23-12-8-11-21(19-13-14-25(40)38(3)16-19)26(23)29(41)39(28)20-9-6-5-7-10-20/h5-18H,4H2,1-3H3,(H3,32,33,34,37)/t18-/m0/s1. The second-order valence-electron chi connectivity index (χ2n) is 9.80. The van der Waals surface area contributed by atoms with Crippen molar-refractivity contribution in [2.45, 2.75) is 19.9 Å². The summed E-state index contributed by atoms with van der Waals surface area (Å²) in [5.74, 6) is 1.01. The van der Waals surface area contributed by atoms with Crippen molar-refractivity contribution in [3.05, 3.63) is 105 Å². The third-order valence-electron chi connectivity index (χ3n) is 6.91. The van der Waals surface area contributed by atoms with Gasteiger partial charge in [0.05, 0.1) is 40.5 Å². The van der Waals surface area contributed by atoms with Gasteiger partial charge in [0.1, 0.15) is 11.6 Å². The van der Waals surface area contributed by atoms with Crippen LogP contribution in [0.1, 0.15) is 25.7 Å². The summed E-state index contributed by atoms with van der Waals surface area (Å²) in [6, 6.07) is 17.6. The third-order valence-corrected chi connectivity index (χ3v) is 7.66. The van der Waals surface area contributed by atoms with Crippen molar-refractivity contribution in [2.75, 3.05) is 17.7 Å². The van der Waals surface area contributed by atoms with Crippen LogP contribution < -0.4 is 26.9 Å². The first kappa shape index (κ1) is 27.8. The maximum atomic E-state index is 14.4. The molecule has 6 rings (SSSR count). The summed E-state index contributed by atoms with van der Waals surface area (Å²) < 4.78 is 8.64. The van der Waals surface area contributed by atoms with Gasteiger partial charge in [-0.2, -0.15) is 4.98 Å². The number of aromatic nitrogens is 6. The summed E-state index contributed by atoms with van der Waals surface area (Å²) in [5, 5.41) is 6.25. The lowest BCUT2D eigenvalue weighted by Crippen LogP contribution is -2.28. The van der Waals surface area contributed by atoms with Crippen LogP contribution >= 0.6 is 11.3 Å². The first-order valence-corrected chi connectivity index (χ1v) is 14.5. The summed E-state index contributed by atoms with van der Waals surface area (Å²) in [7, 11) is 1.68. The molecule has 2 aromatic carbocycles. The average Bonchev–Trinajstić information content (AvgIpc) is 3.47. The van der Waals surface area contributed by atoms with Gasteiger partial charge in [-0.1, -0.05) is 41.7 Å². The minimum absolute atomic E-state index is 0.0903. The highest BCUT2D eigenvalue weighted by Crippen LogP contribution is 2.33. The number of benzene rings is 2. The first-order valence-electron chi connectivity index (χ1n) is 13.6. The molecule has 4 aromatic heterocycles.